The molecule has 0 amide bonds. The van der Waals surface area contributed by atoms with Gasteiger partial charge in [0.25, 0.3) is 0 Å². The molecule has 28 heavy (non-hydrogen) atoms. The fourth-order valence-electron chi connectivity index (χ4n) is 2.77. The third-order valence-corrected chi connectivity index (χ3v) is 3.95. The molecule has 12 heteroatoms. The van der Waals surface area contributed by atoms with Crippen molar-refractivity contribution in [1.82, 2.24) is 20.5 Å². The lowest BCUT2D eigenvalue weighted by atomic mass is 10.2. The first-order chi connectivity index (χ1) is 13.1. The summed E-state index contributed by atoms with van der Waals surface area (Å²) >= 11 is 0. The Morgan fingerprint density at radius 1 is 1.32 bits per heavy atom. The number of nitrogens with one attached hydrogen (secondary N) is 2. The monoisotopic (exact) mass is 413 g/mol. The van der Waals surface area contributed by atoms with Gasteiger partial charge in [-0.15, -0.1) is 0 Å². The maximum absolute atomic E-state index is 12.9. The number of pyridine rings is 1. The lowest BCUT2D eigenvalue weighted by molar-refractivity contribution is -0.143. The van der Waals surface area contributed by atoms with Crippen LogP contribution in [0, 0.1) is 0 Å². The van der Waals surface area contributed by atoms with Crippen LogP contribution in [0.15, 0.2) is 23.3 Å². The van der Waals surface area contributed by atoms with Crippen molar-refractivity contribution in [3.8, 4) is 5.88 Å². The summed E-state index contributed by atoms with van der Waals surface area (Å²) < 4.78 is 81.0. The number of likely N-dealkylation sites (tertiary alicyclic amines) is 1. The molecule has 1 aliphatic rings. The molecule has 0 radical (unpaired) electrons. The fourth-order valence-corrected chi connectivity index (χ4v) is 2.77. The second-order valence-corrected chi connectivity index (χ2v) is 6.18. The van der Waals surface area contributed by atoms with Gasteiger partial charge in [0.15, 0.2) is 5.96 Å². The third kappa shape index (κ3) is 7.06. The molecular formula is C16H21F6N5O. The molecule has 1 atom stereocenters. The van der Waals surface area contributed by atoms with E-state index in [1.165, 1.54) is 24.2 Å². The summed E-state index contributed by atoms with van der Waals surface area (Å²) in [5.74, 6) is -0.183. The van der Waals surface area contributed by atoms with Crippen LogP contribution in [-0.4, -0.2) is 67.9 Å². The average Bonchev–Trinajstić information content (AvgIpc) is 3.02. The van der Waals surface area contributed by atoms with Gasteiger partial charge < -0.3 is 15.4 Å². The average molecular weight is 413 g/mol. The van der Waals surface area contributed by atoms with Crippen LogP contribution in [0.2, 0.25) is 0 Å². The molecule has 0 saturated carbocycles. The van der Waals surface area contributed by atoms with Crippen LogP contribution in [0.3, 0.4) is 0 Å². The molecule has 0 bridgehead atoms. The molecule has 0 aromatic carbocycles. The molecule has 1 aromatic heterocycles. The zero-order valence-corrected chi connectivity index (χ0v) is 15.1. The van der Waals surface area contributed by atoms with Crippen molar-refractivity contribution in [2.24, 2.45) is 4.99 Å². The Kier molecular flexibility index (Phi) is 7.33. The zero-order valence-electron chi connectivity index (χ0n) is 15.1. The van der Waals surface area contributed by atoms with Crippen molar-refractivity contribution in [2.45, 2.75) is 24.8 Å². The highest BCUT2D eigenvalue weighted by molar-refractivity contribution is 5.80. The van der Waals surface area contributed by atoms with E-state index in [4.69, 9.17) is 4.74 Å². The molecule has 6 nitrogen and oxygen atoms in total. The number of hydrogen-bond donors (Lipinski definition) is 2. The Bertz CT molecular complexity index is 664. The first-order valence-corrected chi connectivity index (χ1v) is 8.50. The third-order valence-electron chi connectivity index (χ3n) is 3.95. The van der Waals surface area contributed by atoms with Crippen LogP contribution in [0.4, 0.5) is 26.3 Å². The maximum atomic E-state index is 12.9. The van der Waals surface area contributed by atoms with Gasteiger partial charge in [0, 0.05) is 32.4 Å². The van der Waals surface area contributed by atoms with Gasteiger partial charge in [-0.25, -0.2) is 4.98 Å². The number of aromatic nitrogens is 1. The van der Waals surface area contributed by atoms with Crippen LogP contribution in [0.25, 0.3) is 0 Å². The number of hydrogen-bond acceptors (Lipinski definition) is 4. The van der Waals surface area contributed by atoms with Crippen LogP contribution in [-0.2, 0) is 6.18 Å². The second-order valence-electron chi connectivity index (χ2n) is 6.18. The smallest absolute Gasteiger partial charge is 0.421 e. The minimum atomic E-state index is -4.57. The van der Waals surface area contributed by atoms with E-state index < -0.39 is 30.3 Å². The lowest BCUT2D eigenvalue weighted by Gasteiger charge is -2.20. The van der Waals surface area contributed by atoms with Crippen LogP contribution >= 0.6 is 0 Å². The first-order valence-electron chi connectivity index (χ1n) is 8.50. The zero-order chi connectivity index (χ0) is 20.8. The normalized spacial score (nSPS) is 19.0. The summed E-state index contributed by atoms with van der Waals surface area (Å²) in [6.45, 7) is -0.397. The number of ether oxygens (including phenoxy) is 1. The van der Waals surface area contributed by atoms with Crippen LogP contribution in [0.1, 0.15) is 12.0 Å². The largest absolute Gasteiger partial charge is 0.475 e. The van der Waals surface area contributed by atoms with E-state index in [1.807, 2.05) is 0 Å². The predicted molar refractivity (Wildman–Crippen MR) is 90.1 cm³/mol. The van der Waals surface area contributed by atoms with Gasteiger partial charge in [-0.3, -0.25) is 9.89 Å². The van der Waals surface area contributed by atoms with E-state index in [0.29, 0.717) is 18.9 Å². The molecule has 1 fully saturated rings. The van der Waals surface area contributed by atoms with Crippen molar-refractivity contribution in [3.05, 3.63) is 23.9 Å². The molecule has 2 N–H and O–H groups in total. The topological polar surface area (TPSA) is 61.8 Å². The number of halogens is 6. The first kappa shape index (κ1) is 22.1. The summed E-state index contributed by atoms with van der Waals surface area (Å²) in [4.78, 5) is 8.84. The number of aliphatic imine (C=N–C) groups is 1. The number of rotatable bonds is 6. The van der Waals surface area contributed by atoms with Crippen molar-refractivity contribution < 1.29 is 31.1 Å². The summed E-state index contributed by atoms with van der Waals surface area (Å²) in [5, 5.41) is 5.85. The molecular weight excluding hydrogens is 392 g/mol. The Morgan fingerprint density at radius 2 is 2.07 bits per heavy atom. The Balaban J connectivity index is 1.76. The molecule has 1 aliphatic heterocycles. The molecule has 2 heterocycles. The lowest BCUT2D eigenvalue weighted by Crippen LogP contribution is -2.46. The van der Waals surface area contributed by atoms with E-state index in [2.05, 4.69) is 20.6 Å². The summed E-state index contributed by atoms with van der Waals surface area (Å²) in [6, 6.07) is 1.84. The summed E-state index contributed by atoms with van der Waals surface area (Å²) in [7, 11) is 1.49. The van der Waals surface area contributed by atoms with Gasteiger partial charge in [0.2, 0.25) is 5.88 Å². The molecule has 0 spiro atoms. The van der Waals surface area contributed by atoms with Crippen molar-refractivity contribution in [3.63, 3.8) is 0 Å². The highest BCUT2D eigenvalue weighted by Gasteiger charge is 2.35. The van der Waals surface area contributed by atoms with E-state index in [0.717, 1.165) is 6.07 Å². The fraction of sp³-hybridized carbons (Fsp3) is 0.625. The van der Waals surface area contributed by atoms with Gasteiger partial charge in [-0.1, -0.05) is 0 Å². The van der Waals surface area contributed by atoms with E-state index in [1.54, 1.807) is 0 Å². The Hall–Kier alpha value is -2.24. The van der Waals surface area contributed by atoms with E-state index >= 15 is 0 Å². The van der Waals surface area contributed by atoms with E-state index in [-0.39, 0.29) is 25.7 Å². The van der Waals surface area contributed by atoms with Crippen molar-refractivity contribution >= 4 is 5.96 Å². The van der Waals surface area contributed by atoms with Crippen LogP contribution < -0.4 is 15.4 Å². The molecule has 1 unspecified atom stereocenters. The summed E-state index contributed by atoms with van der Waals surface area (Å²) in [5.41, 5.74) is -0.965. The molecule has 1 aromatic rings. The minimum absolute atomic E-state index is 0.105. The van der Waals surface area contributed by atoms with Gasteiger partial charge in [-0.2, -0.15) is 26.3 Å². The molecule has 0 aliphatic carbocycles. The van der Waals surface area contributed by atoms with Crippen molar-refractivity contribution in [2.75, 3.05) is 39.8 Å². The summed E-state index contributed by atoms with van der Waals surface area (Å²) in [6.07, 6.45) is -7.09. The standard InChI is InChI=1S/C16H21F6N5O/c1-23-14(26-11-4-7-27(9-11)10-15(17,18)19)25-6-8-28-13-12(16(20,21)22)3-2-5-24-13/h2-3,5,11H,4,6-10H2,1H3,(H2,23,25,26). The second kappa shape index (κ2) is 9.30. The van der Waals surface area contributed by atoms with E-state index in [9.17, 15) is 26.3 Å². The molecule has 1 saturated heterocycles. The SMILES string of the molecule is CN=C(NCCOc1ncccc1C(F)(F)F)NC1CCN(CC(F)(F)F)C1. The maximum Gasteiger partial charge on any atom is 0.421 e. The molecule has 158 valence electrons. The predicted octanol–water partition coefficient (Wildman–Crippen LogP) is 2.28. The Labute approximate surface area is 158 Å². The number of alkyl halides is 6. The number of guanidine groups is 1. The minimum Gasteiger partial charge on any atom is -0.475 e. The highest BCUT2D eigenvalue weighted by atomic mass is 19.4. The van der Waals surface area contributed by atoms with Gasteiger partial charge in [0.05, 0.1) is 13.1 Å². The van der Waals surface area contributed by atoms with Gasteiger partial charge >= 0.3 is 12.4 Å². The van der Waals surface area contributed by atoms with Gasteiger partial charge in [-0.05, 0) is 18.6 Å². The highest BCUT2D eigenvalue weighted by Crippen LogP contribution is 2.34. The Morgan fingerprint density at radius 3 is 2.71 bits per heavy atom. The van der Waals surface area contributed by atoms with Gasteiger partial charge in [0.1, 0.15) is 12.2 Å². The molecule has 2 rings (SSSR count). The van der Waals surface area contributed by atoms with Crippen LogP contribution in [0.5, 0.6) is 5.88 Å². The van der Waals surface area contributed by atoms with Crippen molar-refractivity contribution in [1.29, 1.82) is 0 Å². The quantitative estimate of drug-likeness (QED) is 0.324. The number of nitrogens with zero attached hydrogens (tertiary/aromatic N) is 3.